The Balaban J connectivity index is 1.55. The fourth-order valence-electron chi connectivity index (χ4n) is 2.57. The van der Waals surface area contributed by atoms with Crippen molar-refractivity contribution in [1.82, 2.24) is 25.0 Å². The summed E-state index contributed by atoms with van der Waals surface area (Å²) in [6, 6.07) is 1.50. The van der Waals surface area contributed by atoms with Gasteiger partial charge in [0.25, 0.3) is 0 Å². The van der Waals surface area contributed by atoms with Gasteiger partial charge in [0.2, 0.25) is 0 Å². The van der Waals surface area contributed by atoms with Gasteiger partial charge in [0.1, 0.15) is 12.2 Å². The van der Waals surface area contributed by atoms with Crippen LogP contribution in [0.4, 0.5) is 0 Å². The molecule has 0 spiro atoms. The fraction of sp³-hybridized carbons (Fsp3) is 0.833. The minimum atomic E-state index is 0.687. The van der Waals surface area contributed by atoms with Crippen molar-refractivity contribution in [3.05, 3.63) is 12.2 Å². The number of aromatic nitrogens is 3. The van der Waals surface area contributed by atoms with Gasteiger partial charge in [-0.3, -0.25) is 9.58 Å². The van der Waals surface area contributed by atoms with Crippen molar-refractivity contribution in [1.29, 1.82) is 0 Å². The summed E-state index contributed by atoms with van der Waals surface area (Å²) < 4.78 is 1.88. The topological polar surface area (TPSA) is 46.0 Å². The normalized spacial score (nSPS) is 25.6. The Kier molecular flexibility index (Phi) is 3.11. The maximum absolute atomic E-state index is 4.31. The first kappa shape index (κ1) is 11.2. The summed E-state index contributed by atoms with van der Waals surface area (Å²) >= 11 is 0. The van der Waals surface area contributed by atoms with Crippen LogP contribution in [0.25, 0.3) is 0 Å². The van der Waals surface area contributed by atoms with Crippen LogP contribution in [0.15, 0.2) is 6.33 Å². The zero-order valence-corrected chi connectivity index (χ0v) is 10.5. The van der Waals surface area contributed by atoms with Gasteiger partial charge in [-0.05, 0) is 32.2 Å². The predicted octanol–water partition coefficient (Wildman–Crippen LogP) is 0.531. The monoisotopic (exact) mass is 235 g/mol. The van der Waals surface area contributed by atoms with Crippen molar-refractivity contribution < 1.29 is 0 Å². The first-order valence-corrected chi connectivity index (χ1v) is 6.63. The minimum Gasteiger partial charge on any atom is -0.312 e. The van der Waals surface area contributed by atoms with Gasteiger partial charge in [-0.15, -0.1) is 0 Å². The second-order valence-electron chi connectivity index (χ2n) is 5.25. The van der Waals surface area contributed by atoms with Crippen molar-refractivity contribution in [3.63, 3.8) is 0 Å². The molecule has 0 amide bonds. The van der Waals surface area contributed by atoms with Gasteiger partial charge in [0, 0.05) is 25.7 Å². The Morgan fingerprint density at radius 3 is 3.00 bits per heavy atom. The van der Waals surface area contributed by atoms with Crippen molar-refractivity contribution >= 4 is 0 Å². The second-order valence-corrected chi connectivity index (χ2v) is 5.25. The van der Waals surface area contributed by atoms with Crippen LogP contribution in [0.2, 0.25) is 0 Å². The van der Waals surface area contributed by atoms with E-state index >= 15 is 0 Å². The molecule has 1 atom stereocenters. The first-order valence-electron chi connectivity index (χ1n) is 6.63. The molecule has 3 rings (SSSR count). The number of likely N-dealkylation sites (tertiary alicyclic amines) is 1. The molecule has 2 fully saturated rings. The van der Waals surface area contributed by atoms with Crippen molar-refractivity contribution in [2.45, 2.75) is 44.3 Å². The van der Waals surface area contributed by atoms with E-state index in [1.807, 2.05) is 11.7 Å². The molecule has 1 N–H and O–H groups in total. The molecule has 1 unspecified atom stereocenters. The number of hydrogen-bond donors (Lipinski definition) is 1. The summed E-state index contributed by atoms with van der Waals surface area (Å²) in [6.45, 7) is 3.28. The molecular formula is C12H21N5. The average molecular weight is 235 g/mol. The standard InChI is InChI=1S/C12H21N5/c1-16-12(14-9-15-16)8-17-6-2-3-11(17)7-13-10-4-5-10/h9-11,13H,2-8H2,1H3. The lowest BCUT2D eigenvalue weighted by Gasteiger charge is -2.24. The van der Waals surface area contributed by atoms with E-state index < -0.39 is 0 Å². The molecule has 0 bridgehead atoms. The van der Waals surface area contributed by atoms with Crippen molar-refractivity contribution in [2.24, 2.45) is 7.05 Å². The van der Waals surface area contributed by atoms with Crippen molar-refractivity contribution in [2.75, 3.05) is 13.1 Å². The number of nitrogens with one attached hydrogen (secondary N) is 1. The largest absolute Gasteiger partial charge is 0.312 e. The summed E-state index contributed by atoms with van der Waals surface area (Å²) in [5.74, 6) is 1.07. The van der Waals surface area contributed by atoms with E-state index in [9.17, 15) is 0 Å². The fourth-order valence-corrected chi connectivity index (χ4v) is 2.57. The highest BCUT2D eigenvalue weighted by Gasteiger charge is 2.28. The van der Waals surface area contributed by atoms with Crippen LogP contribution < -0.4 is 5.32 Å². The highest BCUT2D eigenvalue weighted by molar-refractivity contribution is 4.91. The van der Waals surface area contributed by atoms with Crippen molar-refractivity contribution in [3.8, 4) is 0 Å². The van der Waals surface area contributed by atoms with E-state index in [-0.39, 0.29) is 0 Å². The third-order valence-corrected chi connectivity index (χ3v) is 3.87. The number of nitrogens with zero attached hydrogens (tertiary/aromatic N) is 4. The molecule has 1 aromatic rings. The SMILES string of the molecule is Cn1ncnc1CN1CCCC1CNC1CC1. The molecule has 5 nitrogen and oxygen atoms in total. The van der Waals surface area contributed by atoms with Gasteiger partial charge in [0.05, 0.1) is 6.54 Å². The molecule has 1 aromatic heterocycles. The minimum absolute atomic E-state index is 0.687. The van der Waals surface area contributed by atoms with Gasteiger partial charge >= 0.3 is 0 Å². The van der Waals surface area contributed by atoms with Crippen LogP contribution in [-0.4, -0.2) is 44.8 Å². The molecule has 0 aromatic carbocycles. The molecular weight excluding hydrogens is 214 g/mol. The van der Waals surface area contributed by atoms with Crippen LogP contribution in [-0.2, 0) is 13.6 Å². The third-order valence-electron chi connectivity index (χ3n) is 3.87. The Hall–Kier alpha value is -0.940. The maximum Gasteiger partial charge on any atom is 0.140 e. The van der Waals surface area contributed by atoms with E-state index in [1.165, 1.54) is 32.2 Å². The molecule has 17 heavy (non-hydrogen) atoms. The zero-order valence-electron chi connectivity index (χ0n) is 10.5. The average Bonchev–Trinajstić information content (AvgIpc) is 2.92. The van der Waals surface area contributed by atoms with E-state index in [4.69, 9.17) is 0 Å². The van der Waals surface area contributed by atoms with E-state index in [0.29, 0.717) is 6.04 Å². The Morgan fingerprint density at radius 1 is 1.41 bits per heavy atom. The third kappa shape index (κ3) is 2.66. The predicted molar refractivity (Wildman–Crippen MR) is 65.5 cm³/mol. The Bertz CT molecular complexity index is 371. The van der Waals surface area contributed by atoms with E-state index in [1.54, 1.807) is 6.33 Å². The molecule has 1 saturated carbocycles. The second kappa shape index (κ2) is 4.74. The molecule has 94 valence electrons. The highest BCUT2D eigenvalue weighted by atomic mass is 15.3. The van der Waals surface area contributed by atoms with Crippen LogP contribution in [0.3, 0.4) is 0 Å². The quantitative estimate of drug-likeness (QED) is 0.809. The lowest BCUT2D eigenvalue weighted by Crippen LogP contribution is -2.38. The van der Waals surface area contributed by atoms with Crippen LogP contribution in [0.5, 0.6) is 0 Å². The zero-order chi connectivity index (χ0) is 11.7. The molecule has 0 radical (unpaired) electrons. The Morgan fingerprint density at radius 2 is 2.29 bits per heavy atom. The smallest absolute Gasteiger partial charge is 0.140 e. The molecule has 5 heteroatoms. The highest BCUT2D eigenvalue weighted by Crippen LogP contribution is 2.22. The summed E-state index contributed by atoms with van der Waals surface area (Å²) in [5.41, 5.74) is 0. The van der Waals surface area contributed by atoms with Crippen LogP contribution >= 0.6 is 0 Å². The summed E-state index contributed by atoms with van der Waals surface area (Å²) in [6.07, 6.45) is 7.02. The number of aryl methyl sites for hydroxylation is 1. The lowest BCUT2D eigenvalue weighted by atomic mass is 10.2. The molecule has 2 heterocycles. The Labute approximate surface area is 102 Å². The van der Waals surface area contributed by atoms with Gasteiger partial charge in [-0.25, -0.2) is 4.98 Å². The summed E-state index contributed by atoms with van der Waals surface area (Å²) in [5, 5.41) is 7.77. The van der Waals surface area contributed by atoms with Crippen LogP contribution in [0.1, 0.15) is 31.5 Å². The number of rotatable bonds is 5. The summed E-state index contributed by atoms with van der Waals surface area (Å²) in [4.78, 5) is 6.85. The molecule has 2 aliphatic rings. The number of hydrogen-bond acceptors (Lipinski definition) is 4. The first-order chi connectivity index (χ1) is 8.33. The van der Waals surface area contributed by atoms with E-state index in [2.05, 4.69) is 20.3 Å². The van der Waals surface area contributed by atoms with Gasteiger partial charge in [-0.2, -0.15) is 5.10 Å². The van der Waals surface area contributed by atoms with E-state index in [0.717, 1.165) is 25.0 Å². The molecule has 1 aliphatic carbocycles. The van der Waals surface area contributed by atoms with Gasteiger partial charge in [0.15, 0.2) is 0 Å². The lowest BCUT2D eigenvalue weighted by molar-refractivity contribution is 0.230. The molecule has 1 saturated heterocycles. The molecule has 1 aliphatic heterocycles. The van der Waals surface area contributed by atoms with Gasteiger partial charge in [-0.1, -0.05) is 0 Å². The maximum atomic E-state index is 4.31. The summed E-state index contributed by atoms with van der Waals surface area (Å²) in [7, 11) is 1.97. The van der Waals surface area contributed by atoms with Gasteiger partial charge < -0.3 is 5.32 Å². The van der Waals surface area contributed by atoms with Crippen LogP contribution in [0, 0.1) is 0 Å².